The molecule has 0 spiro atoms. The lowest BCUT2D eigenvalue weighted by Crippen LogP contribution is -2.39. The van der Waals surface area contributed by atoms with Crippen molar-refractivity contribution in [3.63, 3.8) is 0 Å². The van der Waals surface area contributed by atoms with Gasteiger partial charge in [0.1, 0.15) is 12.0 Å². The standard InChI is InChI=1S/C12H18N2O3/c1-9-5-6-14(13-8-9)10(15)7-11(16)17-12(2,3)4/h5-6,8,13H,7H2,1-4H3. The van der Waals surface area contributed by atoms with E-state index in [-0.39, 0.29) is 12.3 Å². The van der Waals surface area contributed by atoms with Crippen LogP contribution < -0.4 is 5.43 Å². The molecule has 1 rings (SSSR count). The van der Waals surface area contributed by atoms with Crippen molar-refractivity contribution in [1.82, 2.24) is 10.4 Å². The van der Waals surface area contributed by atoms with Crippen LogP contribution in [0.5, 0.6) is 0 Å². The number of carbonyl (C=O) groups excluding carboxylic acids is 2. The van der Waals surface area contributed by atoms with Gasteiger partial charge in [0.05, 0.1) is 0 Å². The van der Waals surface area contributed by atoms with Crippen molar-refractivity contribution < 1.29 is 14.3 Å². The lowest BCUT2D eigenvalue weighted by Gasteiger charge is -2.23. The Morgan fingerprint density at radius 1 is 1.41 bits per heavy atom. The van der Waals surface area contributed by atoms with Crippen LogP contribution in [0.2, 0.25) is 0 Å². The first-order valence-electron chi connectivity index (χ1n) is 5.43. The minimum Gasteiger partial charge on any atom is -0.460 e. The number of nitrogens with zero attached hydrogens (tertiary/aromatic N) is 1. The van der Waals surface area contributed by atoms with Crippen molar-refractivity contribution in [1.29, 1.82) is 0 Å². The van der Waals surface area contributed by atoms with Gasteiger partial charge >= 0.3 is 5.97 Å². The maximum atomic E-state index is 11.7. The van der Waals surface area contributed by atoms with Gasteiger partial charge in [-0.2, -0.15) is 0 Å². The molecular formula is C12H18N2O3. The Balaban J connectivity index is 2.46. The fraction of sp³-hybridized carbons (Fsp3) is 0.500. The molecule has 1 N–H and O–H groups in total. The van der Waals surface area contributed by atoms with Gasteiger partial charge in [-0.05, 0) is 39.3 Å². The lowest BCUT2D eigenvalue weighted by molar-refractivity contribution is -0.158. The molecule has 5 heteroatoms. The topological polar surface area (TPSA) is 58.6 Å². The summed E-state index contributed by atoms with van der Waals surface area (Å²) in [6.45, 7) is 7.20. The number of amides is 1. The van der Waals surface area contributed by atoms with E-state index in [1.165, 1.54) is 5.01 Å². The number of hydrogen-bond acceptors (Lipinski definition) is 4. The van der Waals surface area contributed by atoms with Crippen LogP contribution in [-0.4, -0.2) is 22.5 Å². The number of carbonyl (C=O) groups is 2. The Kier molecular flexibility index (Phi) is 3.93. The highest BCUT2D eigenvalue weighted by Crippen LogP contribution is 2.09. The molecule has 1 aliphatic heterocycles. The number of allylic oxidation sites excluding steroid dienone is 2. The summed E-state index contributed by atoms with van der Waals surface area (Å²) in [4.78, 5) is 23.1. The van der Waals surface area contributed by atoms with Crippen LogP contribution in [-0.2, 0) is 14.3 Å². The molecule has 17 heavy (non-hydrogen) atoms. The summed E-state index contributed by atoms with van der Waals surface area (Å²) in [5, 5.41) is 1.26. The lowest BCUT2D eigenvalue weighted by atomic mass is 10.2. The zero-order chi connectivity index (χ0) is 13.1. The maximum absolute atomic E-state index is 11.7. The monoisotopic (exact) mass is 238 g/mol. The van der Waals surface area contributed by atoms with E-state index in [2.05, 4.69) is 5.43 Å². The Hall–Kier alpha value is -1.78. The van der Waals surface area contributed by atoms with Gasteiger partial charge in [0, 0.05) is 12.4 Å². The van der Waals surface area contributed by atoms with Crippen molar-refractivity contribution in [3.05, 3.63) is 24.0 Å². The van der Waals surface area contributed by atoms with E-state index in [4.69, 9.17) is 4.74 Å². The molecule has 0 unspecified atom stereocenters. The molecule has 0 saturated carbocycles. The Morgan fingerprint density at radius 2 is 2.06 bits per heavy atom. The summed E-state index contributed by atoms with van der Waals surface area (Å²) in [7, 11) is 0. The first-order valence-corrected chi connectivity index (χ1v) is 5.43. The minimum atomic E-state index is -0.570. The van der Waals surface area contributed by atoms with E-state index in [9.17, 15) is 9.59 Å². The fourth-order valence-electron chi connectivity index (χ4n) is 1.20. The average molecular weight is 238 g/mol. The third-order valence-electron chi connectivity index (χ3n) is 1.90. The van der Waals surface area contributed by atoms with Crippen molar-refractivity contribution >= 4 is 11.9 Å². The molecule has 0 saturated heterocycles. The van der Waals surface area contributed by atoms with E-state index in [1.807, 2.05) is 6.92 Å². The van der Waals surface area contributed by atoms with Gasteiger partial charge in [0.15, 0.2) is 0 Å². The van der Waals surface area contributed by atoms with E-state index >= 15 is 0 Å². The molecule has 1 heterocycles. The second-order valence-electron chi connectivity index (χ2n) is 4.86. The summed E-state index contributed by atoms with van der Waals surface area (Å²) in [5.41, 5.74) is 3.20. The van der Waals surface area contributed by atoms with Crippen LogP contribution in [0, 0.1) is 0 Å². The largest absolute Gasteiger partial charge is 0.460 e. The normalized spacial score (nSPS) is 15.1. The van der Waals surface area contributed by atoms with Crippen molar-refractivity contribution in [3.8, 4) is 0 Å². The van der Waals surface area contributed by atoms with Gasteiger partial charge in [-0.25, -0.2) is 5.01 Å². The van der Waals surface area contributed by atoms with Crippen LogP contribution in [0.3, 0.4) is 0 Å². The molecule has 0 atom stereocenters. The highest BCUT2D eigenvalue weighted by molar-refractivity contribution is 5.94. The molecule has 0 aromatic rings. The van der Waals surface area contributed by atoms with E-state index in [0.717, 1.165) is 5.57 Å². The molecule has 1 aliphatic rings. The summed E-state index contributed by atoms with van der Waals surface area (Å²) in [5.74, 6) is -0.872. The van der Waals surface area contributed by atoms with E-state index in [0.29, 0.717) is 0 Å². The van der Waals surface area contributed by atoms with Crippen molar-refractivity contribution in [2.75, 3.05) is 0 Å². The summed E-state index contributed by atoms with van der Waals surface area (Å²) in [6, 6.07) is 0. The molecule has 0 aromatic carbocycles. The molecule has 0 aliphatic carbocycles. The van der Waals surface area contributed by atoms with Crippen molar-refractivity contribution in [2.45, 2.75) is 39.7 Å². The smallest absolute Gasteiger partial charge is 0.315 e. The summed E-state index contributed by atoms with van der Waals surface area (Å²) in [6.07, 6.45) is 4.78. The third-order valence-corrected chi connectivity index (χ3v) is 1.90. The molecule has 0 bridgehead atoms. The molecule has 5 nitrogen and oxygen atoms in total. The Bertz CT molecular complexity index is 378. The molecule has 0 radical (unpaired) electrons. The van der Waals surface area contributed by atoms with Crippen LogP contribution >= 0.6 is 0 Å². The van der Waals surface area contributed by atoms with Crippen molar-refractivity contribution in [2.24, 2.45) is 0 Å². The molecule has 1 amide bonds. The van der Waals surface area contributed by atoms with Gasteiger partial charge in [-0.15, -0.1) is 0 Å². The van der Waals surface area contributed by atoms with Crippen LogP contribution in [0.4, 0.5) is 0 Å². The van der Waals surface area contributed by atoms with Gasteiger partial charge in [-0.1, -0.05) is 0 Å². The molecular weight excluding hydrogens is 220 g/mol. The first-order chi connectivity index (χ1) is 7.78. The first kappa shape index (κ1) is 13.3. The summed E-state index contributed by atoms with van der Waals surface area (Å²) < 4.78 is 5.07. The zero-order valence-corrected chi connectivity index (χ0v) is 10.6. The van der Waals surface area contributed by atoms with Gasteiger partial charge in [-0.3, -0.25) is 15.0 Å². The highest BCUT2D eigenvalue weighted by atomic mass is 16.6. The van der Waals surface area contributed by atoms with Crippen LogP contribution in [0.15, 0.2) is 24.0 Å². The van der Waals surface area contributed by atoms with Gasteiger partial charge < -0.3 is 4.74 Å². The quantitative estimate of drug-likeness (QED) is 0.585. The number of rotatable bonds is 2. The predicted molar refractivity (Wildman–Crippen MR) is 63.3 cm³/mol. The van der Waals surface area contributed by atoms with E-state index < -0.39 is 11.6 Å². The van der Waals surface area contributed by atoms with Gasteiger partial charge in [0.2, 0.25) is 0 Å². The highest BCUT2D eigenvalue weighted by Gasteiger charge is 2.21. The van der Waals surface area contributed by atoms with Crippen LogP contribution in [0.25, 0.3) is 0 Å². The van der Waals surface area contributed by atoms with Gasteiger partial charge in [0.25, 0.3) is 5.91 Å². The summed E-state index contributed by atoms with van der Waals surface area (Å²) >= 11 is 0. The number of esters is 1. The minimum absolute atomic E-state index is 0.276. The maximum Gasteiger partial charge on any atom is 0.315 e. The molecule has 94 valence electrons. The second-order valence-corrected chi connectivity index (χ2v) is 4.86. The fourth-order valence-corrected chi connectivity index (χ4v) is 1.20. The van der Waals surface area contributed by atoms with Crippen LogP contribution in [0.1, 0.15) is 34.1 Å². The zero-order valence-electron chi connectivity index (χ0n) is 10.6. The number of nitrogens with one attached hydrogen (secondary N) is 1. The number of ether oxygens (including phenoxy) is 1. The number of hydrazine groups is 1. The SMILES string of the molecule is CC1=CNN(C(=O)CC(=O)OC(C)(C)C)C=C1. The predicted octanol–water partition coefficient (Wildman–Crippen LogP) is 1.48. The Labute approximate surface area is 101 Å². The number of hydrogen-bond donors (Lipinski definition) is 1. The molecule has 0 aromatic heterocycles. The Morgan fingerprint density at radius 3 is 2.53 bits per heavy atom. The average Bonchev–Trinajstić information content (AvgIpc) is 2.15. The second kappa shape index (κ2) is 5.03. The third kappa shape index (κ3) is 4.72. The van der Waals surface area contributed by atoms with E-state index in [1.54, 1.807) is 39.2 Å². The molecule has 0 fully saturated rings.